The first-order chi connectivity index (χ1) is 11.3. The van der Waals surface area contributed by atoms with Crippen LogP contribution in [0.2, 0.25) is 0 Å². The molecule has 0 spiro atoms. The molecule has 0 unspecified atom stereocenters. The molecule has 0 aliphatic rings. The molecule has 0 aromatic heterocycles. The fraction of sp³-hybridized carbons (Fsp3) is 0.364. The third-order valence-corrected chi connectivity index (χ3v) is 4.25. The highest BCUT2D eigenvalue weighted by Crippen LogP contribution is 2.28. The van der Waals surface area contributed by atoms with Crippen molar-refractivity contribution in [2.75, 3.05) is 5.73 Å². The molecule has 2 rings (SSSR count). The highest BCUT2D eigenvalue weighted by atomic mass is 14.6. The van der Waals surface area contributed by atoms with E-state index in [9.17, 15) is 0 Å². The molecule has 2 aromatic rings. The summed E-state index contributed by atoms with van der Waals surface area (Å²) in [5.74, 6) is 0. The highest BCUT2D eigenvalue weighted by molar-refractivity contribution is 5.86. The molecular weight excluding hydrogens is 278 g/mol. The molecule has 0 aliphatic heterocycles. The predicted octanol–water partition coefficient (Wildman–Crippen LogP) is 6.56. The van der Waals surface area contributed by atoms with Crippen LogP contribution >= 0.6 is 0 Å². The number of para-hydroxylation sites is 1. The molecule has 1 heteroatoms. The van der Waals surface area contributed by atoms with Crippen molar-refractivity contribution in [3.8, 4) is 0 Å². The van der Waals surface area contributed by atoms with Crippen LogP contribution in [-0.2, 0) is 0 Å². The number of allylic oxidation sites excluding steroid dienone is 1. The first-order valence-electron chi connectivity index (χ1n) is 8.91. The Kier molecular flexibility index (Phi) is 7.45. The van der Waals surface area contributed by atoms with Gasteiger partial charge in [0.15, 0.2) is 0 Å². The van der Waals surface area contributed by atoms with Gasteiger partial charge in [-0.2, -0.15) is 0 Å². The van der Waals surface area contributed by atoms with E-state index in [1.807, 2.05) is 12.1 Å². The van der Waals surface area contributed by atoms with Crippen LogP contribution in [0, 0.1) is 0 Å². The second-order valence-electron chi connectivity index (χ2n) is 6.19. The van der Waals surface area contributed by atoms with Crippen LogP contribution in [0.5, 0.6) is 0 Å². The molecule has 2 N–H and O–H groups in total. The summed E-state index contributed by atoms with van der Waals surface area (Å²) in [5.41, 5.74) is 10.9. The van der Waals surface area contributed by atoms with Crippen LogP contribution in [0.25, 0.3) is 11.6 Å². The molecule has 0 radical (unpaired) electrons. The molecule has 23 heavy (non-hydrogen) atoms. The van der Waals surface area contributed by atoms with Crippen LogP contribution in [0.1, 0.15) is 63.0 Å². The van der Waals surface area contributed by atoms with E-state index in [4.69, 9.17) is 5.73 Å². The molecule has 0 saturated heterocycles. The minimum absolute atomic E-state index is 0.876. The van der Waals surface area contributed by atoms with E-state index in [2.05, 4.69) is 55.5 Å². The Bertz CT molecular complexity index is 598. The summed E-state index contributed by atoms with van der Waals surface area (Å²) in [6.07, 6.45) is 11.3. The summed E-state index contributed by atoms with van der Waals surface area (Å²) in [6, 6.07) is 18.7. The van der Waals surface area contributed by atoms with Crippen molar-refractivity contribution in [1.29, 1.82) is 0 Å². The quantitative estimate of drug-likeness (QED) is 0.317. The van der Waals surface area contributed by atoms with Gasteiger partial charge in [0.2, 0.25) is 0 Å². The maximum Gasteiger partial charge on any atom is 0.0390 e. The predicted molar refractivity (Wildman–Crippen MR) is 103 cm³/mol. The van der Waals surface area contributed by atoms with E-state index in [-0.39, 0.29) is 0 Å². The van der Waals surface area contributed by atoms with Crippen molar-refractivity contribution in [1.82, 2.24) is 0 Å². The summed E-state index contributed by atoms with van der Waals surface area (Å²) in [5, 5.41) is 0. The van der Waals surface area contributed by atoms with Crippen molar-refractivity contribution in [2.45, 2.75) is 51.9 Å². The number of unbranched alkanes of at least 4 members (excludes halogenated alkanes) is 5. The molecule has 122 valence electrons. The molecule has 0 aliphatic carbocycles. The van der Waals surface area contributed by atoms with Gasteiger partial charge in [-0.1, -0.05) is 93.6 Å². The van der Waals surface area contributed by atoms with Gasteiger partial charge < -0.3 is 5.73 Å². The Balaban J connectivity index is 2.07. The van der Waals surface area contributed by atoms with Gasteiger partial charge in [0.25, 0.3) is 0 Å². The van der Waals surface area contributed by atoms with Gasteiger partial charge in [-0.05, 0) is 30.0 Å². The van der Waals surface area contributed by atoms with Crippen LogP contribution in [0.3, 0.4) is 0 Å². The third kappa shape index (κ3) is 5.94. The Morgan fingerprint density at radius 3 is 2.22 bits per heavy atom. The average molecular weight is 307 g/mol. The Hall–Kier alpha value is -2.02. The number of anilines is 1. The number of benzene rings is 2. The standard InChI is InChI=1S/C22H29N/c1-2-3-4-5-6-10-15-20(18-19-13-8-7-9-14-19)21-16-11-12-17-22(21)23/h7-9,11-14,16-18H,2-6,10,15,23H2,1H3. The summed E-state index contributed by atoms with van der Waals surface area (Å²) >= 11 is 0. The van der Waals surface area contributed by atoms with Crippen LogP contribution in [0.4, 0.5) is 5.69 Å². The summed E-state index contributed by atoms with van der Waals surface area (Å²) in [6.45, 7) is 2.26. The normalized spacial score (nSPS) is 11.6. The van der Waals surface area contributed by atoms with Gasteiger partial charge in [-0.15, -0.1) is 0 Å². The van der Waals surface area contributed by atoms with Crippen LogP contribution in [0.15, 0.2) is 54.6 Å². The fourth-order valence-corrected chi connectivity index (χ4v) is 2.92. The van der Waals surface area contributed by atoms with Crippen LogP contribution < -0.4 is 5.73 Å². The smallest absolute Gasteiger partial charge is 0.0390 e. The lowest BCUT2D eigenvalue weighted by molar-refractivity contribution is 0.613. The second-order valence-corrected chi connectivity index (χ2v) is 6.19. The molecule has 0 bridgehead atoms. The molecule has 2 aromatic carbocycles. The van der Waals surface area contributed by atoms with Crippen molar-refractivity contribution >= 4 is 17.3 Å². The number of nitrogen functional groups attached to an aromatic ring is 1. The number of hydrogen-bond acceptors (Lipinski definition) is 1. The zero-order valence-corrected chi connectivity index (χ0v) is 14.3. The van der Waals surface area contributed by atoms with Gasteiger partial charge in [0, 0.05) is 11.3 Å². The van der Waals surface area contributed by atoms with E-state index < -0.39 is 0 Å². The lowest BCUT2D eigenvalue weighted by Crippen LogP contribution is -1.94. The molecule has 0 fully saturated rings. The Morgan fingerprint density at radius 2 is 1.48 bits per heavy atom. The Labute approximate surface area is 141 Å². The zero-order chi connectivity index (χ0) is 16.3. The minimum atomic E-state index is 0.876. The molecule has 0 amide bonds. The number of nitrogens with two attached hydrogens (primary N) is 1. The van der Waals surface area contributed by atoms with Gasteiger partial charge >= 0.3 is 0 Å². The Morgan fingerprint density at radius 1 is 0.826 bits per heavy atom. The van der Waals surface area contributed by atoms with Crippen molar-refractivity contribution in [3.05, 3.63) is 65.7 Å². The van der Waals surface area contributed by atoms with Gasteiger partial charge in [-0.25, -0.2) is 0 Å². The first-order valence-corrected chi connectivity index (χ1v) is 8.91. The van der Waals surface area contributed by atoms with Crippen LogP contribution in [-0.4, -0.2) is 0 Å². The van der Waals surface area contributed by atoms with Crippen molar-refractivity contribution < 1.29 is 0 Å². The topological polar surface area (TPSA) is 26.0 Å². The van der Waals surface area contributed by atoms with E-state index in [0.717, 1.165) is 12.1 Å². The minimum Gasteiger partial charge on any atom is -0.398 e. The zero-order valence-electron chi connectivity index (χ0n) is 14.3. The molecule has 0 heterocycles. The monoisotopic (exact) mass is 307 g/mol. The number of rotatable bonds is 9. The summed E-state index contributed by atoms with van der Waals surface area (Å²) in [4.78, 5) is 0. The van der Waals surface area contributed by atoms with E-state index in [0.29, 0.717) is 0 Å². The lowest BCUT2D eigenvalue weighted by atomic mass is 9.95. The maximum atomic E-state index is 6.20. The maximum absolute atomic E-state index is 6.20. The second kappa shape index (κ2) is 9.89. The molecule has 1 nitrogen and oxygen atoms in total. The van der Waals surface area contributed by atoms with E-state index >= 15 is 0 Å². The average Bonchev–Trinajstić information content (AvgIpc) is 2.58. The third-order valence-electron chi connectivity index (χ3n) is 4.25. The highest BCUT2D eigenvalue weighted by Gasteiger charge is 2.06. The van der Waals surface area contributed by atoms with E-state index in [1.54, 1.807) is 0 Å². The SMILES string of the molecule is CCCCCCCCC(=Cc1ccccc1)c1ccccc1N. The van der Waals surface area contributed by atoms with Gasteiger partial charge in [-0.3, -0.25) is 0 Å². The van der Waals surface area contributed by atoms with Crippen molar-refractivity contribution in [2.24, 2.45) is 0 Å². The molecular formula is C22H29N. The van der Waals surface area contributed by atoms with Gasteiger partial charge in [0.05, 0.1) is 0 Å². The molecule has 0 saturated carbocycles. The lowest BCUT2D eigenvalue weighted by Gasteiger charge is -2.11. The van der Waals surface area contributed by atoms with Gasteiger partial charge in [0.1, 0.15) is 0 Å². The van der Waals surface area contributed by atoms with E-state index in [1.165, 1.54) is 55.2 Å². The molecule has 0 atom stereocenters. The van der Waals surface area contributed by atoms with Crippen molar-refractivity contribution in [3.63, 3.8) is 0 Å². The number of hydrogen-bond donors (Lipinski definition) is 1. The summed E-state index contributed by atoms with van der Waals surface area (Å²) in [7, 11) is 0. The first kappa shape index (κ1) is 17.3. The fourth-order valence-electron chi connectivity index (χ4n) is 2.92. The summed E-state index contributed by atoms with van der Waals surface area (Å²) < 4.78 is 0. The largest absolute Gasteiger partial charge is 0.398 e.